The highest BCUT2D eigenvalue weighted by molar-refractivity contribution is 5.78. The van der Waals surface area contributed by atoms with Crippen LogP contribution < -0.4 is 0 Å². The molecule has 0 fully saturated rings. The fourth-order valence-electron chi connectivity index (χ4n) is 0.994. The number of carbonyl (C=O) groups excluding carboxylic acids is 3. The molecule has 3 nitrogen and oxygen atoms in total. The fraction of sp³-hybridized carbons (Fsp3) is 0.812. The molecule has 0 aromatic rings. The number of Topliss-reactive ketones (excluding diaryl/α,β-unsaturated/α-hetero) is 3. The summed E-state index contributed by atoms with van der Waals surface area (Å²) >= 11 is 0. The van der Waals surface area contributed by atoms with Gasteiger partial charge in [0.15, 0.2) is 0 Å². The van der Waals surface area contributed by atoms with Crippen LogP contribution in [0, 0.1) is 11.8 Å². The lowest BCUT2D eigenvalue weighted by atomic mass is 10.00. The summed E-state index contributed by atoms with van der Waals surface area (Å²) in [7, 11) is 0. The molecule has 0 rings (SSSR count). The van der Waals surface area contributed by atoms with E-state index in [2.05, 4.69) is 27.7 Å². The van der Waals surface area contributed by atoms with E-state index in [1.165, 1.54) is 13.8 Å². The summed E-state index contributed by atoms with van der Waals surface area (Å²) in [5, 5.41) is 0. The average Bonchev–Trinajstić information content (AvgIpc) is 2.14. The Bertz CT molecular complexity index is 237. The van der Waals surface area contributed by atoms with E-state index >= 15 is 0 Å². The summed E-state index contributed by atoms with van der Waals surface area (Å²) in [5.74, 6) is 1.87. The summed E-state index contributed by atoms with van der Waals surface area (Å²) in [6.45, 7) is 14.8. The molecule has 114 valence electrons. The maximum atomic E-state index is 11.1. The minimum absolute atomic E-state index is 0.167. The van der Waals surface area contributed by atoms with E-state index in [0.717, 1.165) is 12.8 Å². The summed E-state index contributed by atoms with van der Waals surface area (Å²) in [5.41, 5.74) is 0. The van der Waals surface area contributed by atoms with Crippen molar-refractivity contribution < 1.29 is 14.4 Å². The van der Waals surface area contributed by atoms with Gasteiger partial charge in [0.2, 0.25) is 0 Å². The number of ketones is 3. The molecule has 0 bridgehead atoms. The average molecular weight is 272 g/mol. The SMILES string of the molecule is CC(C)=O.CC(C)CC(=O)CC(C)C.CCC(C)=O. The Kier molecular flexibility index (Phi) is 18.3. The first-order chi connectivity index (χ1) is 8.52. The lowest BCUT2D eigenvalue weighted by molar-refractivity contribution is -0.120. The van der Waals surface area contributed by atoms with Gasteiger partial charge < -0.3 is 9.59 Å². The molecule has 3 heteroatoms. The van der Waals surface area contributed by atoms with E-state index in [0.29, 0.717) is 24.0 Å². The van der Waals surface area contributed by atoms with Crippen molar-refractivity contribution in [3.05, 3.63) is 0 Å². The van der Waals surface area contributed by atoms with E-state index in [9.17, 15) is 14.4 Å². The molecule has 19 heavy (non-hydrogen) atoms. The first kappa shape index (κ1) is 23.1. The van der Waals surface area contributed by atoms with Crippen LogP contribution in [0.15, 0.2) is 0 Å². The first-order valence-corrected chi connectivity index (χ1v) is 7.01. The van der Waals surface area contributed by atoms with Crippen LogP contribution >= 0.6 is 0 Å². The van der Waals surface area contributed by atoms with Crippen molar-refractivity contribution in [1.82, 2.24) is 0 Å². The monoisotopic (exact) mass is 272 g/mol. The maximum absolute atomic E-state index is 11.1. The quantitative estimate of drug-likeness (QED) is 0.752. The van der Waals surface area contributed by atoms with Crippen molar-refractivity contribution in [2.24, 2.45) is 11.8 Å². The zero-order valence-electron chi connectivity index (χ0n) is 14.0. The second-order valence-corrected chi connectivity index (χ2v) is 5.70. The van der Waals surface area contributed by atoms with Gasteiger partial charge in [-0.15, -0.1) is 0 Å². The van der Waals surface area contributed by atoms with Crippen molar-refractivity contribution in [2.45, 2.75) is 74.7 Å². The second kappa shape index (κ2) is 15.1. The second-order valence-electron chi connectivity index (χ2n) is 5.70. The van der Waals surface area contributed by atoms with Crippen molar-refractivity contribution >= 4 is 17.3 Å². The zero-order chi connectivity index (χ0) is 16.0. The molecular formula is C16H32O3. The van der Waals surface area contributed by atoms with E-state index in [1.807, 2.05) is 6.92 Å². The highest BCUT2D eigenvalue weighted by atomic mass is 16.1. The Balaban J connectivity index is -0.000000238. The molecule has 0 saturated carbocycles. The van der Waals surface area contributed by atoms with Gasteiger partial charge in [-0.2, -0.15) is 0 Å². The van der Waals surface area contributed by atoms with Crippen LogP contribution in [0.4, 0.5) is 0 Å². The van der Waals surface area contributed by atoms with Crippen LogP contribution in [0.1, 0.15) is 74.7 Å². The van der Waals surface area contributed by atoms with E-state index in [-0.39, 0.29) is 11.6 Å². The third kappa shape index (κ3) is 47.2. The molecule has 0 amide bonds. The summed E-state index contributed by atoms with van der Waals surface area (Å²) in [4.78, 5) is 30.3. The van der Waals surface area contributed by atoms with Gasteiger partial charge in [0.25, 0.3) is 0 Å². The van der Waals surface area contributed by atoms with Gasteiger partial charge in [0.1, 0.15) is 17.3 Å². The summed E-state index contributed by atoms with van der Waals surface area (Å²) < 4.78 is 0. The molecule has 0 aliphatic carbocycles. The van der Waals surface area contributed by atoms with Crippen molar-refractivity contribution in [3.63, 3.8) is 0 Å². The number of carbonyl (C=O) groups is 3. The van der Waals surface area contributed by atoms with Crippen LogP contribution in [-0.2, 0) is 14.4 Å². The van der Waals surface area contributed by atoms with Gasteiger partial charge >= 0.3 is 0 Å². The van der Waals surface area contributed by atoms with Crippen molar-refractivity contribution in [3.8, 4) is 0 Å². The smallest absolute Gasteiger partial charge is 0.133 e. The molecule has 0 spiro atoms. The lowest BCUT2D eigenvalue weighted by Gasteiger charge is -2.05. The van der Waals surface area contributed by atoms with Gasteiger partial charge in [0, 0.05) is 19.3 Å². The zero-order valence-corrected chi connectivity index (χ0v) is 14.0. The Morgan fingerprint density at radius 3 is 1.11 bits per heavy atom. The molecule has 0 aliphatic heterocycles. The molecule has 0 radical (unpaired) electrons. The molecule has 0 aromatic carbocycles. The Morgan fingerprint density at radius 1 is 0.789 bits per heavy atom. The Labute approximate surface area is 119 Å². The van der Waals surface area contributed by atoms with Crippen LogP contribution in [0.3, 0.4) is 0 Å². The van der Waals surface area contributed by atoms with Gasteiger partial charge in [-0.25, -0.2) is 0 Å². The van der Waals surface area contributed by atoms with Gasteiger partial charge in [-0.05, 0) is 32.6 Å². The maximum Gasteiger partial charge on any atom is 0.133 e. The predicted octanol–water partition coefficient (Wildman–Crippen LogP) is 4.23. The van der Waals surface area contributed by atoms with E-state index in [4.69, 9.17) is 0 Å². The third-order valence-electron chi connectivity index (χ3n) is 1.77. The largest absolute Gasteiger partial charge is 0.300 e. The van der Waals surface area contributed by atoms with Gasteiger partial charge in [-0.1, -0.05) is 34.6 Å². The third-order valence-corrected chi connectivity index (χ3v) is 1.77. The standard InChI is InChI=1S/C9H18O.C4H8O.C3H6O/c1-7(2)5-9(10)6-8(3)4;1-3-4(2)5;1-3(2)4/h7-8H,5-6H2,1-4H3;3H2,1-2H3;1-2H3. The Hall–Kier alpha value is -0.990. The van der Waals surface area contributed by atoms with Gasteiger partial charge in [-0.3, -0.25) is 4.79 Å². The van der Waals surface area contributed by atoms with E-state index < -0.39 is 0 Å². The molecule has 0 N–H and O–H groups in total. The minimum atomic E-state index is 0.167. The Morgan fingerprint density at radius 2 is 1.00 bits per heavy atom. The molecule has 0 unspecified atom stereocenters. The highest BCUT2D eigenvalue weighted by Gasteiger charge is 2.06. The summed E-state index contributed by atoms with van der Waals surface area (Å²) in [6.07, 6.45) is 2.16. The topological polar surface area (TPSA) is 51.2 Å². The van der Waals surface area contributed by atoms with E-state index in [1.54, 1.807) is 6.92 Å². The molecule has 0 atom stereocenters. The minimum Gasteiger partial charge on any atom is -0.300 e. The van der Waals surface area contributed by atoms with Crippen molar-refractivity contribution in [2.75, 3.05) is 0 Å². The number of rotatable bonds is 5. The normalized spacial score (nSPS) is 9.16. The van der Waals surface area contributed by atoms with Crippen LogP contribution in [0.2, 0.25) is 0 Å². The molecular weight excluding hydrogens is 240 g/mol. The fourth-order valence-corrected chi connectivity index (χ4v) is 0.994. The highest BCUT2D eigenvalue weighted by Crippen LogP contribution is 2.07. The first-order valence-electron chi connectivity index (χ1n) is 7.01. The van der Waals surface area contributed by atoms with Crippen LogP contribution in [-0.4, -0.2) is 17.3 Å². The van der Waals surface area contributed by atoms with Crippen molar-refractivity contribution in [1.29, 1.82) is 0 Å². The number of hydrogen-bond donors (Lipinski definition) is 0. The molecule has 0 aromatic heterocycles. The van der Waals surface area contributed by atoms with Crippen LogP contribution in [0.25, 0.3) is 0 Å². The van der Waals surface area contributed by atoms with Crippen LogP contribution in [0.5, 0.6) is 0 Å². The number of hydrogen-bond acceptors (Lipinski definition) is 3. The summed E-state index contributed by atoms with van der Waals surface area (Å²) in [6, 6.07) is 0. The lowest BCUT2D eigenvalue weighted by Crippen LogP contribution is -2.05. The predicted molar refractivity (Wildman–Crippen MR) is 81.2 cm³/mol. The van der Waals surface area contributed by atoms with Gasteiger partial charge in [0.05, 0.1) is 0 Å². The molecule has 0 saturated heterocycles. The molecule has 0 aliphatic rings. The molecule has 0 heterocycles.